The van der Waals surface area contributed by atoms with Crippen LogP contribution in [0.25, 0.3) is 0 Å². The summed E-state index contributed by atoms with van der Waals surface area (Å²) in [4.78, 5) is 13.8. The number of benzene rings is 2. The Morgan fingerprint density at radius 3 is 2.22 bits per heavy atom. The third-order valence-electron chi connectivity index (χ3n) is 3.96. The summed E-state index contributed by atoms with van der Waals surface area (Å²) in [5.74, 6) is -0.564. The Kier molecular flexibility index (Phi) is 6.90. The number of ether oxygens (including phenoxy) is 1. The zero-order valence-electron chi connectivity index (χ0n) is 15.1. The van der Waals surface area contributed by atoms with Crippen molar-refractivity contribution in [3.63, 3.8) is 0 Å². The van der Waals surface area contributed by atoms with E-state index in [0.717, 1.165) is 5.56 Å². The summed E-state index contributed by atoms with van der Waals surface area (Å²) in [7, 11) is -1.97. The maximum absolute atomic E-state index is 12.3. The van der Waals surface area contributed by atoms with Crippen LogP contribution in [0.2, 0.25) is 0 Å². The molecule has 2 aromatic carbocycles. The van der Waals surface area contributed by atoms with Crippen molar-refractivity contribution in [2.75, 3.05) is 12.8 Å². The maximum Gasteiger partial charge on any atom is 0.387 e. The van der Waals surface area contributed by atoms with Crippen molar-refractivity contribution in [3.8, 4) is 5.75 Å². The first-order valence-corrected chi connectivity index (χ1v) is 9.90. The topological polar surface area (TPSA) is 63.7 Å². The maximum atomic E-state index is 12.3. The van der Waals surface area contributed by atoms with E-state index in [-0.39, 0.29) is 35.3 Å². The van der Waals surface area contributed by atoms with Gasteiger partial charge in [-0.05, 0) is 36.8 Å². The van der Waals surface area contributed by atoms with Gasteiger partial charge in [-0.15, -0.1) is 0 Å². The van der Waals surface area contributed by atoms with Gasteiger partial charge < -0.3 is 9.64 Å². The molecule has 0 radical (unpaired) electrons. The van der Waals surface area contributed by atoms with Gasteiger partial charge in [-0.3, -0.25) is 4.79 Å². The van der Waals surface area contributed by atoms with Crippen LogP contribution in [0.4, 0.5) is 8.78 Å². The van der Waals surface area contributed by atoms with Gasteiger partial charge in [0.05, 0.1) is 10.6 Å². The zero-order valence-corrected chi connectivity index (χ0v) is 15.9. The minimum atomic E-state index is -3.53. The average Bonchev–Trinajstić information content (AvgIpc) is 2.61. The van der Waals surface area contributed by atoms with Crippen molar-refractivity contribution in [1.29, 1.82) is 0 Å². The van der Waals surface area contributed by atoms with Crippen molar-refractivity contribution in [2.24, 2.45) is 0 Å². The van der Waals surface area contributed by atoms with Crippen molar-refractivity contribution in [1.82, 2.24) is 4.90 Å². The molecule has 1 amide bonds. The zero-order chi connectivity index (χ0) is 20.0. The van der Waals surface area contributed by atoms with Crippen LogP contribution < -0.4 is 4.74 Å². The van der Waals surface area contributed by atoms with Crippen molar-refractivity contribution < 1.29 is 26.7 Å². The summed E-state index contributed by atoms with van der Waals surface area (Å²) in [6.07, 6.45) is -0.140. The predicted octanol–water partition coefficient (Wildman–Crippen LogP) is 3.42. The van der Waals surface area contributed by atoms with Gasteiger partial charge in [0.25, 0.3) is 0 Å². The molecule has 0 N–H and O–H groups in total. The molecule has 0 aliphatic rings. The number of carbonyl (C=O) groups excluding carboxylic acids is 1. The molecule has 0 saturated heterocycles. The first kappa shape index (κ1) is 20.8. The number of hydrogen-bond donors (Lipinski definition) is 0. The van der Waals surface area contributed by atoms with Crippen LogP contribution in [-0.2, 0) is 21.2 Å². The van der Waals surface area contributed by atoms with Crippen molar-refractivity contribution >= 4 is 15.7 Å². The van der Waals surface area contributed by atoms with Crippen LogP contribution in [0, 0.1) is 6.92 Å². The molecule has 5 nitrogen and oxygen atoms in total. The molecule has 0 aromatic heterocycles. The van der Waals surface area contributed by atoms with Crippen LogP contribution >= 0.6 is 0 Å². The summed E-state index contributed by atoms with van der Waals surface area (Å²) < 4.78 is 53.2. The number of nitrogens with zero attached hydrogens (tertiary/aromatic N) is 1. The van der Waals surface area contributed by atoms with E-state index in [2.05, 4.69) is 4.74 Å². The smallest absolute Gasteiger partial charge is 0.387 e. The van der Waals surface area contributed by atoms with E-state index in [1.165, 1.54) is 29.2 Å². The molecule has 2 aromatic rings. The highest BCUT2D eigenvalue weighted by atomic mass is 32.2. The van der Waals surface area contributed by atoms with E-state index < -0.39 is 16.4 Å². The van der Waals surface area contributed by atoms with Gasteiger partial charge in [0.15, 0.2) is 9.84 Å². The number of carbonyl (C=O) groups is 1. The van der Waals surface area contributed by atoms with Gasteiger partial charge in [0.2, 0.25) is 5.91 Å². The van der Waals surface area contributed by atoms with E-state index in [1.54, 1.807) is 31.3 Å². The number of aryl methyl sites for hydroxylation is 1. The van der Waals surface area contributed by atoms with E-state index in [1.807, 2.05) is 6.92 Å². The fourth-order valence-corrected chi connectivity index (χ4v) is 3.64. The molecule has 0 spiro atoms. The number of halogens is 2. The Morgan fingerprint density at radius 2 is 1.67 bits per heavy atom. The fourth-order valence-electron chi connectivity index (χ4n) is 2.41. The van der Waals surface area contributed by atoms with Gasteiger partial charge in [-0.25, -0.2) is 8.42 Å². The first-order valence-electron chi connectivity index (χ1n) is 8.24. The number of alkyl halides is 2. The Morgan fingerprint density at radius 1 is 1.07 bits per heavy atom. The Hall–Kier alpha value is -2.48. The second-order valence-corrected chi connectivity index (χ2v) is 8.26. The lowest BCUT2D eigenvalue weighted by Gasteiger charge is -2.17. The molecule has 0 aliphatic carbocycles. The highest BCUT2D eigenvalue weighted by Crippen LogP contribution is 2.17. The SMILES string of the molecule is Cc1ccc(S(=O)(=O)CCC(=O)N(C)Cc2ccc(OC(F)F)cc2)cc1. The van der Waals surface area contributed by atoms with Crippen LogP contribution in [0.1, 0.15) is 17.5 Å². The molecule has 0 unspecified atom stereocenters. The minimum absolute atomic E-state index is 0.0342. The quantitative estimate of drug-likeness (QED) is 0.685. The fraction of sp³-hybridized carbons (Fsp3) is 0.316. The molecule has 2 rings (SSSR count). The summed E-state index contributed by atoms with van der Waals surface area (Å²) >= 11 is 0. The molecule has 0 heterocycles. The monoisotopic (exact) mass is 397 g/mol. The van der Waals surface area contributed by atoms with E-state index >= 15 is 0 Å². The Labute approximate surface area is 157 Å². The second-order valence-electron chi connectivity index (χ2n) is 6.15. The van der Waals surface area contributed by atoms with E-state index in [0.29, 0.717) is 5.56 Å². The standard InChI is InChI=1S/C19H21F2NO4S/c1-14-3-9-17(10-4-14)27(24,25)12-11-18(23)22(2)13-15-5-7-16(8-6-15)26-19(20)21/h3-10,19H,11-13H2,1-2H3. The molecule has 0 atom stereocenters. The first-order chi connectivity index (χ1) is 12.7. The lowest BCUT2D eigenvalue weighted by atomic mass is 10.2. The highest BCUT2D eigenvalue weighted by molar-refractivity contribution is 7.91. The van der Waals surface area contributed by atoms with E-state index in [9.17, 15) is 22.0 Å². The Bertz CT molecular complexity index is 866. The molecule has 0 bridgehead atoms. The summed E-state index contributed by atoms with van der Waals surface area (Å²) in [6, 6.07) is 12.4. The van der Waals surface area contributed by atoms with Crippen LogP contribution in [-0.4, -0.2) is 38.6 Å². The van der Waals surface area contributed by atoms with Gasteiger partial charge >= 0.3 is 6.61 Å². The third kappa shape index (κ3) is 6.32. The van der Waals surface area contributed by atoms with Gasteiger partial charge in [-0.1, -0.05) is 29.8 Å². The molecule has 0 fully saturated rings. The number of sulfone groups is 1. The van der Waals surface area contributed by atoms with Crippen LogP contribution in [0.3, 0.4) is 0 Å². The van der Waals surface area contributed by atoms with Gasteiger partial charge in [0.1, 0.15) is 5.75 Å². The third-order valence-corrected chi connectivity index (χ3v) is 5.69. The Balaban J connectivity index is 1.90. The number of amides is 1. The lowest BCUT2D eigenvalue weighted by Crippen LogP contribution is -2.28. The summed E-state index contributed by atoms with van der Waals surface area (Å²) in [5.41, 5.74) is 1.67. The summed E-state index contributed by atoms with van der Waals surface area (Å²) in [5, 5.41) is 0. The van der Waals surface area contributed by atoms with Crippen molar-refractivity contribution in [2.45, 2.75) is 31.4 Å². The van der Waals surface area contributed by atoms with Gasteiger partial charge in [-0.2, -0.15) is 8.78 Å². The lowest BCUT2D eigenvalue weighted by molar-refractivity contribution is -0.130. The van der Waals surface area contributed by atoms with Gasteiger partial charge in [0, 0.05) is 20.0 Å². The van der Waals surface area contributed by atoms with E-state index in [4.69, 9.17) is 0 Å². The van der Waals surface area contributed by atoms with Crippen molar-refractivity contribution in [3.05, 3.63) is 59.7 Å². The molecule has 0 aliphatic heterocycles. The normalized spacial score (nSPS) is 11.4. The molecule has 146 valence electrons. The largest absolute Gasteiger partial charge is 0.435 e. The highest BCUT2D eigenvalue weighted by Gasteiger charge is 2.18. The predicted molar refractivity (Wildman–Crippen MR) is 97.4 cm³/mol. The molecular weight excluding hydrogens is 376 g/mol. The summed E-state index contributed by atoms with van der Waals surface area (Å²) in [6.45, 7) is -0.796. The van der Waals surface area contributed by atoms with Crippen LogP contribution in [0.15, 0.2) is 53.4 Å². The molecular formula is C19H21F2NO4S. The minimum Gasteiger partial charge on any atom is -0.435 e. The number of rotatable bonds is 8. The van der Waals surface area contributed by atoms with Crippen LogP contribution in [0.5, 0.6) is 5.75 Å². The second kappa shape index (κ2) is 8.94. The average molecular weight is 397 g/mol. The molecule has 0 saturated carbocycles. The number of hydrogen-bond acceptors (Lipinski definition) is 4. The molecule has 27 heavy (non-hydrogen) atoms. The molecule has 8 heteroatoms.